The number of amides is 1. The van der Waals surface area contributed by atoms with Gasteiger partial charge in [-0.05, 0) is 42.1 Å². The van der Waals surface area contributed by atoms with Crippen LogP contribution in [0.5, 0.6) is 0 Å². The number of aromatic nitrogens is 1. The number of methoxy groups -OCH3 is 1. The number of nitrogens with one attached hydrogen (secondary N) is 1. The van der Waals surface area contributed by atoms with E-state index in [0.29, 0.717) is 5.69 Å². The molecule has 5 nitrogen and oxygen atoms in total. The first-order valence-corrected chi connectivity index (χ1v) is 7.98. The van der Waals surface area contributed by atoms with Crippen LogP contribution < -0.4 is 5.32 Å². The molecule has 0 unspecified atom stereocenters. The molecular formula is C17H16N2O3S. The second-order valence-corrected chi connectivity index (χ2v) is 6.10. The van der Waals surface area contributed by atoms with Gasteiger partial charge in [0.2, 0.25) is 5.91 Å². The minimum absolute atomic E-state index is 0.0579. The number of nitrogens with zero attached hydrogens (tertiary/aromatic N) is 1. The molecule has 0 bridgehead atoms. The Balaban J connectivity index is 1.86. The van der Waals surface area contributed by atoms with Crippen molar-refractivity contribution in [3.05, 3.63) is 53.0 Å². The molecule has 0 aliphatic carbocycles. The largest absolute Gasteiger partial charge is 0.464 e. The van der Waals surface area contributed by atoms with Crippen LogP contribution in [0.25, 0.3) is 10.2 Å². The topological polar surface area (TPSA) is 60.3 Å². The quantitative estimate of drug-likeness (QED) is 0.746. The number of anilines is 1. The van der Waals surface area contributed by atoms with Gasteiger partial charge in [0.25, 0.3) is 0 Å². The van der Waals surface area contributed by atoms with Gasteiger partial charge in [-0.25, -0.2) is 4.79 Å². The van der Waals surface area contributed by atoms with Crippen LogP contribution in [0, 0.1) is 6.92 Å². The molecule has 0 fully saturated rings. The first kappa shape index (κ1) is 15.3. The van der Waals surface area contributed by atoms with Crippen LogP contribution in [-0.4, -0.2) is 23.6 Å². The maximum Gasteiger partial charge on any atom is 0.354 e. The standard InChI is InChI=1S/C17H16N2O3S/c1-11-4-3-5-13(8-11)18-15(20)10-19-14(17(21)22-2)9-12-6-7-23-16(12)19/h3-9H,10H2,1-2H3,(H,18,20). The minimum atomic E-state index is -0.447. The van der Waals surface area contributed by atoms with E-state index in [-0.39, 0.29) is 12.5 Å². The van der Waals surface area contributed by atoms with E-state index in [1.807, 2.05) is 42.6 Å². The van der Waals surface area contributed by atoms with Crippen LogP contribution in [0.1, 0.15) is 16.1 Å². The predicted octanol–water partition coefficient (Wildman–Crippen LogP) is 3.44. The fourth-order valence-electron chi connectivity index (χ4n) is 2.47. The van der Waals surface area contributed by atoms with E-state index in [2.05, 4.69) is 5.32 Å². The van der Waals surface area contributed by atoms with Gasteiger partial charge in [-0.1, -0.05) is 12.1 Å². The zero-order valence-electron chi connectivity index (χ0n) is 12.8. The summed E-state index contributed by atoms with van der Waals surface area (Å²) in [6, 6.07) is 11.3. The number of aryl methyl sites for hydroxylation is 1. The summed E-state index contributed by atoms with van der Waals surface area (Å²) in [6.45, 7) is 2.02. The summed E-state index contributed by atoms with van der Waals surface area (Å²) in [6.07, 6.45) is 0. The van der Waals surface area contributed by atoms with E-state index in [4.69, 9.17) is 4.74 Å². The predicted molar refractivity (Wildman–Crippen MR) is 91.0 cm³/mol. The summed E-state index contributed by atoms with van der Waals surface area (Å²) in [7, 11) is 1.33. The van der Waals surface area contributed by atoms with Gasteiger partial charge in [0, 0.05) is 11.1 Å². The molecule has 0 saturated carbocycles. The Hall–Kier alpha value is -2.60. The van der Waals surface area contributed by atoms with Crippen molar-refractivity contribution in [2.75, 3.05) is 12.4 Å². The van der Waals surface area contributed by atoms with Crippen LogP contribution in [0.3, 0.4) is 0 Å². The van der Waals surface area contributed by atoms with E-state index in [9.17, 15) is 9.59 Å². The average Bonchev–Trinajstić information content (AvgIpc) is 3.09. The van der Waals surface area contributed by atoms with E-state index in [1.165, 1.54) is 18.4 Å². The van der Waals surface area contributed by atoms with E-state index >= 15 is 0 Å². The Bertz CT molecular complexity index is 879. The van der Waals surface area contributed by atoms with Crippen molar-refractivity contribution in [1.29, 1.82) is 0 Å². The van der Waals surface area contributed by atoms with Gasteiger partial charge in [-0.15, -0.1) is 11.3 Å². The van der Waals surface area contributed by atoms with Crippen molar-refractivity contribution >= 4 is 39.1 Å². The second kappa shape index (κ2) is 6.26. The van der Waals surface area contributed by atoms with Gasteiger partial charge >= 0.3 is 5.97 Å². The molecule has 6 heteroatoms. The molecule has 3 aromatic rings. The van der Waals surface area contributed by atoms with Crippen LogP contribution in [0.4, 0.5) is 5.69 Å². The lowest BCUT2D eigenvalue weighted by Crippen LogP contribution is -2.21. The number of esters is 1. The molecule has 1 aromatic carbocycles. The maximum atomic E-state index is 12.3. The molecule has 0 spiro atoms. The lowest BCUT2D eigenvalue weighted by atomic mass is 10.2. The smallest absolute Gasteiger partial charge is 0.354 e. The molecule has 0 radical (unpaired) electrons. The molecule has 0 atom stereocenters. The molecule has 1 N–H and O–H groups in total. The van der Waals surface area contributed by atoms with Gasteiger partial charge < -0.3 is 14.6 Å². The molecule has 2 aromatic heterocycles. The first-order valence-electron chi connectivity index (χ1n) is 7.10. The Kier molecular flexibility index (Phi) is 4.16. The zero-order valence-corrected chi connectivity index (χ0v) is 13.6. The lowest BCUT2D eigenvalue weighted by Gasteiger charge is -2.10. The van der Waals surface area contributed by atoms with Crippen LogP contribution in [-0.2, 0) is 16.1 Å². The molecule has 3 rings (SSSR count). The first-order chi connectivity index (χ1) is 11.1. The van der Waals surface area contributed by atoms with E-state index < -0.39 is 5.97 Å². The highest BCUT2D eigenvalue weighted by Gasteiger charge is 2.19. The van der Waals surface area contributed by atoms with Crippen molar-refractivity contribution in [1.82, 2.24) is 4.57 Å². The third-order valence-corrected chi connectivity index (χ3v) is 4.45. The number of rotatable bonds is 4. The molecule has 0 aliphatic rings. The SMILES string of the molecule is COC(=O)c1cc2ccsc2n1CC(=O)Nc1cccc(C)c1. The molecule has 0 aliphatic heterocycles. The minimum Gasteiger partial charge on any atom is -0.464 e. The number of ether oxygens (including phenoxy) is 1. The molecule has 1 amide bonds. The number of fused-ring (bicyclic) bond motifs is 1. The third-order valence-electron chi connectivity index (χ3n) is 3.50. The van der Waals surface area contributed by atoms with Gasteiger partial charge in [0.15, 0.2) is 0 Å². The summed E-state index contributed by atoms with van der Waals surface area (Å²) in [5, 5.41) is 5.72. The Morgan fingerprint density at radius 2 is 2.09 bits per heavy atom. The molecular weight excluding hydrogens is 312 g/mol. The van der Waals surface area contributed by atoms with E-state index in [0.717, 1.165) is 21.5 Å². The van der Waals surface area contributed by atoms with Crippen LogP contribution in [0.2, 0.25) is 0 Å². The van der Waals surface area contributed by atoms with Gasteiger partial charge in [0.05, 0.1) is 7.11 Å². The average molecular weight is 328 g/mol. The Labute approximate surface area is 137 Å². The maximum absolute atomic E-state index is 12.3. The highest BCUT2D eigenvalue weighted by Crippen LogP contribution is 2.26. The Morgan fingerprint density at radius 3 is 2.83 bits per heavy atom. The highest BCUT2D eigenvalue weighted by atomic mass is 32.1. The third kappa shape index (κ3) is 3.12. The highest BCUT2D eigenvalue weighted by molar-refractivity contribution is 7.16. The number of hydrogen-bond donors (Lipinski definition) is 1. The zero-order chi connectivity index (χ0) is 16.4. The van der Waals surface area contributed by atoms with Gasteiger partial charge in [0.1, 0.15) is 17.1 Å². The fourth-order valence-corrected chi connectivity index (χ4v) is 3.37. The number of carbonyl (C=O) groups excluding carboxylic acids is 2. The molecule has 118 valence electrons. The summed E-state index contributed by atoms with van der Waals surface area (Å²) in [5.41, 5.74) is 2.19. The summed E-state index contributed by atoms with van der Waals surface area (Å²) in [5.74, 6) is -0.636. The van der Waals surface area contributed by atoms with Crippen molar-refractivity contribution < 1.29 is 14.3 Å². The van der Waals surface area contributed by atoms with Crippen LogP contribution >= 0.6 is 11.3 Å². The molecule has 23 heavy (non-hydrogen) atoms. The van der Waals surface area contributed by atoms with Crippen molar-refractivity contribution in [3.8, 4) is 0 Å². The fraction of sp³-hybridized carbons (Fsp3) is 0.176. The summed E-state index contributed by atoms with van der Waals surface area (Å²) >= 11 is 1.49. The molecule has 0 saturated heterocycles. The summed E-state index contributed by atoms with van der Waals surface area (Å²) < 4.78 is 6.50. The monoisotopic (exact) mass is 328 g/mol. The second-order valence-electron chi connectivity index (χ2n) is 5.21. The van der Waals surface area contributed by atoms with E-state index in [1.54, 1.807) is 10.6 Å². The van der Waals surface area contributed by atoms with Crippen LogP contribution in [0.15, 0.2) is 41.8 Å². The Morgan fingerprint density at radius 1 is 1.26 bits per heavy atom. The van der Waals surface area contributed by atoms with Crippen molar-refractivity contribution in [2.45, 2.75) is 13.5 Å². The normalized spacial score (nSPS) is 10.7. The van der Waals surface area contributed by atoms with Gasteiger partial charge in [-0.2, -0.15) is 0 Å². The van der Waals surface area contributed by atoms with Crippen molar-refractivity contribution in [2.24, 2.45) is 0 Å². The van der Waals surface area contributed by atoms with Crippen molar-refractivity contribution in [3.63, 3.8) is 0 Å². The number of thiophene rings is 1. The number of carbonyl (C=O) groups is 2. The number of hydrogen-bond acceptors (Lipinski definition) is 4. The van der Waals surface area contributed by atoms with Gasteiger partial charge in [-0.3, -0.25) is 4.79 Å². The lowest BCUT2D eigenvalue weighted by molar-refractivity contribution is -0.116. The summed E-state index contributed by atoms with van der Waals surface area (Å²) in [4.78, 5) is 25.1. The molecule has 2 heterocycles. The number of benzene rings is 1.